The SMILES string of the molecule is COCCOc1ccc(NC(=O)C2CCN(OC)CC2)cc1Cl. The van der Waals surface area contributed by atoms with Gasteiger partial charge in [-0.1, -0.05) is 11.6 Å². The van der Waals surface area contributed by atoms with Crippen LogP contribution in [0.15, 0.2) is 18.2 Å². The van der Waals surface area contributed by atoms with E-state index in [1.165, 1.54) is 0 Å². The first-order valence-corrected chi connectivity index (χ1v) is 8.03. The zero-order valence-electron chi connectivity index (χ0n) is 13.5. The van der Waals surface area contributed by atoms with Crippen LogP contribution in [0.2, 0.25) is 5.02 Å². The van der Waals surface area contributed by atoms with Gasteiger partial charge in [-0.25, -0.2) is 0 Å². The monoisotopic (exact) mass is 342 g/mol. The van der Waals surface area contributed by atoms with Gasteiger partial charge in [0.1, 0.15) is 12.4 Å². The summed E-state index contributed by atoms with van der Waals surface area (Å²) in [5, 5.41) is 5.25. The van der Waals surface area contributed by atoms with Gasteiger partial charge in [-0.2, -0.15) is 5.06 Å². The third-order valence-corrected chi connectivity index (χ3v) is 4.12. The van der Waals surface area contributed by atoms with E-state index in [1.807, 2.05) is 5.06 Å². The average molecular weight is 343 g/mol. The molecule has 1 aliphatic rings. The Labute approximate surface area is 141 Å². The fraction of sp³-hybridized carbons (Fsp3) is 0.562. The molecule has 1 N–H and O–H groups in total. The number of benzene rings is 1. The van der Waals surface area contributed by atoms with Crippen LogP contribution in [0, 0.1) is 5.92 Å². The molecule has 0 aliphatic carbocycles. The van der Waals surface area contributed by atoms with Gasteiger partial charge < -0.3 is 19.6 Å². The number of piperidine rings is 1. The Kier molecular flexibility index (Phi) is 7.11. The predicted octanol–water partition coefficient (Wildman–Crippen LogP) is 2.58. The summed E-state index contributed by atoms with van der Waals surface area (Å²) < 4.78 is 10.4. The molecule has 0 bridgehead atoms. The molecule has 7 heteroatoms. The van der Waals surface area contributed by atoms with Crippen LogP contribution in [0.5, 0.6) is 5.75 Å². The number of rotatable bonds is 7. The summed E-state index contributed by atoms with van der Waals surface area (Å²) in [6.07, 6.45) is 1.57. The van der Waals surface area contributed by atoms with Crippen molar-refractivity contribution in [1.29, 1.82) is 0 Å². The van der Waals surface area contributed by atoms with Gasteiger partial charge >= 0.3 is 0 Å². The topological polar surface area (TPSA) is 60.0 Å². The molecule has 0 radical (unpaired) electrons. The molecule has 1 amide bonds. The molecule has 128 valence electrons. The van der Waals surface area contributed by atoms with Crippen LogP contribution in [-0.4, -0.2) is 51.5 Å². The maximum atomic E-state index is 12.3. The number of nitrogens with one attached hydrogen (secondary N) is 1. The first-order valence-electron chi connectivity index (χ1n) is 7.65. The van der Waals surface area contributed by atoms with E-state index in [4.69, 9.17) is 25.9 Å². The molecule has 0 unspecified atom stereocenters. The number of hydroxylamine groups is 2. The molecule has 0 atom stereocenters. The summed E-state index contributed by atoms with van der Waals surface area (Å²) in [6, 6.07) is 5.24. The van der Waals surface area contributed by atoms with Gasteiger partial charge in [-0.05, 0) is 31.0 Å². The minimum atomic E-state index is -0.00203. The minimum Gasteiger partial charge on any atom is -0.490 e. The summed E-state index contributed by atoms with van der Waals surface area (Å²) in [5.41, 5.74) is 0.674. The lowest BCUT2D eigenvalue weighted by molar-refractivity contribution is -0.152. The molecule has 0 aromatic heterocycles. The molecule has 6 nitrogen and oxygen atoms in total. The standard InChI is InChI=1S/C16H23ClN2O4/c1-21-9-10-23-15-4-3-13(11-14(15)17)18-16(20)12-5-7-19(22-2)8-6-12/h3-4,11-12H,5-10H2,1-2H3,(H,18,20). The normalized spacial score (nSPS) is 16.3. The Hall–Kier alpha value is -1.34. The number of hydrogen-bond acceptors (Lipinski definition) is 5. The maximum Gasteiger partial charge on any atom is 0.227 e. The molecule has 1 aromatic rings. The Bertz CT molecular complexity index is 519. The molecule has 23 heavy (non-hydrogen) atoms. The highest BCUT2D eigenvalue weighted by Gasteiger charge is 2.25. The number of carbonyl (C=O) groups is 1. The molecule has 1 aromatic carbocycles. The summed E-state index contributed by atoms with van der Waals surface area (Å²) >= 11 is 6.18. The van der Waals surface area contributed by atoms with Gasteiger partial charge in [0, 0.05) is 31.8 Å². The third kappa shape index (κ3) is 5.35. The van der Waals surface area contributed by atoms with Crippen LogP contribution >= 0.6 is 11.6 Å². The second-order valence-corrected chi connectivity index (χ2v) is 5.77. The van der Waals surface area contributed by atoms with E-state index < -0.39 is 0 Å². The number of ether oxygens (including phenoxy) is 2. The highest BCUT2D eigenvalue weighted by molar-refractivity contribution is 6.32. The Balaban J connectivity index is 1.87. The zero-order valence-corrected chi connectivity index (χ0v) is 14.3. The van der Waals surface area contributed by atoms with Crippen molar-refractivity contribution >= 4 is 23.2 Å². The van der Waals surface area contributed by atoms with E-state index in [0.29, 0.717) is 29.7 Å². The number of amides is 1. The molecule has 0 saturated carbocycles. The molecule has 1 aliphatic heterocycles. The summed E-state index contributed by atoms with van der Waals surface area (Å²) in [5.74, 6) is 0.595. The second-order valence-electron chi connectivity index (χ2n) is 5.36. The predicted molar refractivity (Wildman–Crippen MR) is 88.8 cm³/mol. The van der Waals surface area contributed by atoms with Crippen molar-refractivity contribution in [3.8, 4) is 5.75 Å². The summed E-state index contributed by atoms with van der Waals surface area (Å²) in [7, 11) is 3.26. The number of hydrogen-bond donors (Lipinski definition) is 1. The van der Waals surface area contributed by atoms with Gasteiger partial charge in [0.2, 0.25) is 5.91 Å². The fourth-order valence-electron chi connectivity index (χ4n) is 2.48. The molecule has 0 spiro atoms. The van der Waals surface area contributed by atoms with Crippen LogP contribution < -0.4 is 10.1 Å². The van der Waals surface area contributed by atoms with Gasteiger partial charge in [-0.15, -0.1) is 0 Å². The van der Waals surface area contributed by atoms with E-state index in [0.717, 1.165) is 25.9 Å². The zero-order chi connectivity index (χ0) is 16.7. The number of carbonyl (C=O) groups excluding carboxylic acids is 1. The van der Waals surface area contributed by atoms with E-state index in [-0.39, 0.29) is 11.8 Å². The lowest BCUT2D eigenvalue weighted by atomic mass is 9.97. The molecule has 2 rings (SSSR count). The van der Waals surface area contributed by atoms with Crippen molar-refractivity contribution < 1.29 is 19.1 Å². The second kappa shape index (κ2) is 9.08. The van der Waals surface area contributed by atoms with Gasteiger partial charge in [-0.3, -0.25) is 4.79 Å². The lowest BCUT2D eigenvalue weighted by Gasteiger charge is -2.29. The maximum absolute atomic E-state index is 12.3. The molecule has 1 fully saturated rings. The fourth-order valence-corrected chi connectivity index (χ4v) is 2.71. The Morgan fingerprint density at radius 2 is 2.04 bits per heavy atom. The summed E-state index contributed by atoms with van der Waals surface area (Å²) in [6.45, 7) is 2.46. The average Bonchev–Trinajstić information content (AvgIpc) is 2.57. The van der Waals surface area contributed by atoms with E-state index in [2.05, 4.69) is 5.32 Å². The number of methoxy groups -OCH3 is 1. The van der Waals surface area contributed by atoms with E-state index >= 15 is 0 Å². The van der Waals surface area contributed by atoms with Crippen molar-refractivity contribution in [2.24, 2.45) is 5.92 Å². The largest absolute Gasteiger partial charge is 0.490 e. The van der Waals surface area contributed by atoms with Crippen molar-refractivity contribution in [2.45, 2.75) is 12.8 Å². The van der Waals surface area contributed by atoms with Crippen LogP contribution in [0.3, 0.4) is 0 Å². The van der Waals surface area contributed by atoms with Gasteiger partial charge in [0.25, 0.3) is 0 Å². The third-order valence-electron chi connectivity index (χ3n) is 3.83. The molecular formula is C16H23ClN2O4. The summed E-state index contributed by atoms with van der Waals surface area (Å²) in [4.78, 5) is 17.5. The quantitative estimate of drug-likeness (QED) is 0.772. The Morgan fingerprint density at radius 3 is 2.65 bits per heavy atom. The molecular weight excluding hydrogens is 320 g/mol. The van der Waals surface area contributed by atoms with Gasteiger partial charge in [0.15, 0.2) is 0 Å². The van der Waals surface area contributed by atoms with Crippen molar-refractivity contribution in [3.05, 3.63) is 23.2 Å². The van der Waals surface area contributed by atoms with Crippen molar-refractivity contribution in [2.75, 3.05) is 45.8 Å². The van der Waals surface area contributed by atoms with Crippen LogP contribution in [0.4, 0.5) is 5.69 Å². The molecule has 1 saturated heterocycles. The highest BCUT2D eigenvalue weighted by Crippen LogP contribution is 2.28. The number of nitrogens with zero attached hydrogens (tertiary/aromatic N) is 1. The number of halogens is 1. The first-order chi connectivity index (χ1) is 11.1. The van der Waals surface area contributed by atoms with Crippen LogP contribution in [-0.2, 0) is 14.4 Å². The van der Waals surface area contributed by atoms with Crippen LogP contribution in [0.1, 0.15) is 12.8 Å². The minimum absolute atomic E-state index is 0.00203. The first kappa shape index (κ1) is 18.0. The smallest absolute Gasteiger partial charge is 0.227 e. The van der Waals surface area contributed by atoms with E-state index in [9.17, 15) is 4.79 Å². The molecule has 1 heterocycles. The number of anilines is 1. The van der Waals surface area contributed by atoms with Crippen molar-refractivity contribution in [3.63, 3.8) is 0 Å². The highest BCUT2D eigenvalue weighted by atomic mass is 35.5. The van der Waals surface area contributed by atoms with Gasteiger partial charge in [0.05, 0.1) is 18.7 Å². The lowest BCUT2D eigenvalue weighted by Crippen LogP contribution is -2.37. The van der Waals surface area contributed by atoms with E-state index in [1.54, 1.807) is 32.4 Å². The van der Waals surface area contributed by atoms with Crippen LogP contribution in [0.25, 0.3) is 0 Å². The Morgan fingerprint density at radius 1 is 1.30 bits per heavy atom. The van der Waals surface area contributed by atoms with Crippen molar-refractivity contribution in [1.82, 2.24) is 5.06 Å².